The number of methoxy groups -OCH3 is 1. The van der Waals surface area contributed by atoms with Crippen LogP contribution in [0.1, 0.15) is 11.1 Å². The summed E-state index contributed by atoms with van der Waals surface area (Å²) in [6.45, 7) is 0.0336. The molecule has 0 atom stereocenters. The van der Waals surface area contributed by atoms with Gasteiger partial charge in [-0.2, -0.15) is 0 Å². The molecule has 33 heavy (non-hydrogen) atoms. The molecule has 0 saturated heterocycles. The van der Waals surface area contributed by atoms with Gasteiger partial charge in [0.1, 0.15) is 18.1 Å². The number of ether oxygens (including phenoxy) is 2. The van der Waals surface area contributed by atoms with Crippen molar-refractivity contribution >= 4 is 39.5 Å². The standard InChI is InChI=1S/C25H20BrFN2O4/c1-32-21-11-8-17(12-19(21)26)13-23-25(31)29(20-4-2-3-5-22(20)33-23)15-24(30)28-14-16-6-9-18(27)10-7-16/h2-13H,14-15H2,1H3,(H,28,30)/b23-13-. The Morgan fingerprint density at radius 2 is 1.91 bits per heavy atom. The summed E-state index contributed by atoms with van der Waals surface area (Å²) in [5.74, 6) is 0.106. The number of para-hydroxylation sites is 2. The molecule has 0 radical (unpaired) electrons. The number of fused-ring (bicyclic) bond motifs is 1. The van der Waals surface area contributed by atoms with Gasteiger partial charge in [-0.05, 0) is 69.5 Å². The Bertz CT molecular complexity index is 1230. The normalized spacial score (nSPS) is 14.0. The van der Waals surface area contributed by atoms with Crippen molar-refractivity contribution in [2.75, 3.05) is 18.6 Å². The Morgan fingerprint density at radius 1 is 1.15 bits per heavy atom. The van der Waals surface area contributed by atoms with Crippen molar-refractivity contribution in [3.05, 3.63) is 93.9 Å². The third-order valence-electron chi connectivity index (χ3n) is 5.01. The highest BCUT2D eigenvalue weighted by molar-refractivity contribution is 9.10. The smallest absolute Gasteiger partial charge is 0.294 e. The molecule has 0 spiro atoms. The minimum Gasteiger partial charge on any atom is -0.496 e. The number of rotatable bonds is 6. The van der Waals surface area contributed by atoms with Crippen LogP contribution in [0, 0.1) is 5.82 Å². The molecule has 0 aliphatic carbocycles. The van der Waals surface area contributed by atoms with Crippen LogP contribution >= 0.6 is 15.9 Å². The van der Waals surface area contributed by atoms with Crippen molar-refractivity contribution in [3.63, 3.8) is 0 Å². The second-order valence-corrected chi connectivity index (χ2v) is 8.12. The topological polar surface area (TPSA) is 67.9 Å². The van der Waals surface area contributed by atoms with Gasteiger partial charge in [0, 0.05) is 6.54 Å². The quantitative estimate of drug-likeness (QED) is 0.489. The van der Waals surface area contributed by atoms with Crippen LogP contribution in [0.3, 0.4) is 0 Å². The number of benzene rings is 3. The van der Waals surface area contributed by atoms with Crippen LogP contribution in [-0.2, 0) is 16.1 Å². The number of halogens is 2. The maximum absolute atomic E-state index is 13.2. The molecule has 2 amide bonds. The molecule has 0 aromatic heterocycles. The van der Waals surface area contributed by atoms with Gasteiger partial charge in [-0.25, -0.2) is 4.39 Å². The third-order valence-corrected chi connectivity index (χ3v) is 5.63. The van der Waals surface area contributed by atoms with Crippen LogP contribution in [0.5, 0.6) is 11.5 Å². The molecule has 168 valence electrons. The second-order valence-electron chi connectivity index (χ2n) is 7.27. The zero-order valence-electron chi connectivity index (χ0n) is 17.7. The summed E-state index contributed by atoms with van der Waals surface area (Å²) >= 11 is 3.43. The molecule has 1 heterocycles. The summed E-state index contributed by atoms with van der Waals surface area (Å²) in [6.07, 6.45) is 1.62. The van der Waals surface area contributed by atoms with Gasteiger partial charge >= 0.3 is 0 Å². The molecule has 1 aliphatic rings. The highest BCUT2D eigenvalue weighted by atomic mass is 79.9. The Labute approximate surface area is 198 Å². The summed E-state index contributed by atoms with van der Waals surface area (Å²) in [6, 6.07) is 18.3. The van der Waals surface area contributed by atoms with Gasteiger partial charge < -0.3 is 14.8 Å². The lowest BCUT2D eigenvalue weighted by atomic mass is 10.1. The molecule has 0 bridgehead atoms. The van der Waals surface area contributed by atoms with Gasteiger partial charge in [-0.15, -0.1) is 0 Å². The van der Waals surface area contributed by atoms with Crippen LogP contribution in [0.4, 0.5) is 10.1 Å². The third kappa shape index (κ3) is 5.23. The van der Waals surface area contributed by atoms with Crippen molar-refractivity contribution in [2.24, 2.45) is 0 Å². The van der Waals surface area contributed by atoms with E-state index < -0.39 is 5.91 Å². The Balaban J connectivity index is 1.55. The number of amides is 2. The molecule has 8 heteroatoms. The van der Waals surface area contributed by atoms with E-state index >= 15 is 0 Å². The fourth-order valence-corrected chi connectivity index (χ4v) is 3.90. The summed E-state index contributed by atoms with van der Waals surface area (Å²) in [4.78, 5) is 27.2. The molecule has 1 aliphatic heterocycles. The first-order valence-corrected chi connectivity index (χ1v) is 10.9. The van der Waals surface area contributed by atoms with E-state index in [2.05, 4.69) is 21.2 Å². The summed E-state index contributed by atoms with van der Waals surface area (Å²) in [5.41, 5.74) is 1.99. The van der Waals surface area contributed by atoms with Gasteiger partial charge in [0.05, 0.1) is 17.3 Å². The number of hydrogen-bond acceptors (Lipinski definition) is 4. The summed E-state index contributed by atoms with van der Waals surface area (Å²) < 4.78 is 24.9. The van der Waals surface area contributed by atoms with Crippen molar-refractivity contribution in [3.8, 4) is 11.5 Å². The number of hydrogen-bond donors (Lipinski definition) is 1. The Morgan fingerprint density at radius 3 is 2.64 bits per heavy atom. The molecule has 0 unspecified atom stereocenters. The van der Waals surface area contributed by atoms with E-state index in [-0.39, 0.29) is 30.6 Å². The highest BCUT2D eigenvalue weighted by Crippen LogP contribution is 2.36. The van der Waals surface area contributed by atoms with Crippen LogP contribution < -0.4 is 19.7 Å². The molecular weight excluding hydrogens is 491 g/mol. The van der Waals surface area contributed by atoms with Gasteiger partial charge in [0.2, 0.25) is 5.91 Å². The lowest BCUT2D eigenvalue weighted by molar-refractivity contribution is -0.123. The van der Waals surface area contributed by atoms with E-state index in [1.54, 1.807) is 61.7 Å². The first-order valence-electron chi connectivity index (χ1n) is 10.1. The van der Waals surface area contributed by atoms with Gasteiger partial charge in [-0.3, -0.25) is 14.5 Å². The van der Waals surface area contributed by atoms with E-state index in [0.717, 1.165) is 15.6 Å². The SMILES string of the molecule is COc1ccc(/C=C2\Oc3ccccc3N(CC(=O)NCc3ccc(F)cc3)C2=O)cc1Br. The lowest BCUT2D eigenvalue weighted by Crippen LogP contribution is -2.44. The fraction of sp³-hybridized carbons (Fsp3) is 0.120. The molecular formula is C25H20BrFN2O4. The van der Waals surface area contributed by atoms with Crippen molar-refractivity contribution in [1.82, 2.24) is 5.32 Å². The lowest BCUT2D eigenvalue weighted by Gasteiger charge is -2.30. The monoisotopic (exact) mass is 510 g/mol. The van der Waals surface area contributed by atoms with Gasteiger partial charge in [0.15, 0.2) is 11.5 Å². The molecule has 6 nitrogen and oxygen atoms in total. The largest absolute Gasteiger partial charge is 0.496 e. The van der Waals surface area contributed by atoms with E-state index in [4.69, 9.17) is 9.47 Å². The molecule has 0 saturated carbocycles. The van der Waals surface area contributed by atoms with E-state index in [1.807, 2.05) is 6.07 Å². The van der Waals surface area contributed by atoms with Crippen molar-refractivity contribution in [2.45, 2.75) is 6.54 Å². The fourth-order valence-electron chi connectivity index (χ4n) is 3.35. The maximum Gasteiger partial charge on any atom is 0.294 e. The average Bonchev–Trinajstić information content (AvgIpc) is 2.81. The second kappa shape index (κ2) is 9.87. The zero-order chi connectivity index (χ0) is 23.4. The molecule has 0 fully saturated rings. The highest BCUT2D eigenvalue weighted by Gasteiger charge is 2.31. The molecule has 3 aromatic carbocycles. The summed E-state index contributed by atoms with van der Waals surface area (Å²) in [5, 5.41) is 2.77. The number of nitrogens with zero attached hydrogens (tertiary/aromatic N) is 1. The van der Waals surface area contributed by atoms with Gasteiger partial charge in [0.25, 0.3) is 5.91 Å². The van der Waals surface area contributed by atoms with Crippen LogP contribution in [0.2, 0.25) is 0 Å². The minimum atomic E-state index is -0.433. The molecule has 3 aromatic rings. The van der Waals surface area contributed by atoms with Crippen LogP contribution in [0.15, 0.2) is 77.0 Å². The Hall–Kier alpha value is -3.65. The number of carbonyl (C=O) groups is 2. The number of carbonyl (C=O) groups excluding carboxylic acids is 2. The zero-order valence-corrected chi connectivity index (χ0v) is 19.3. The number of nitrogens with one attached hydrogen (secondary N) is 1. The first kappa shape index (κ1) is 22.5. The maximum atomic E-state index is 13.2. The van der Waals surface area contributed by atoms with E-state index in [1.165, 1.54) is 17.0 Å². The average molecular weight is 511 g/mol. The van der Waals surface area contributed by atoms with E-state index in [9.17, 15) is 14.0 Å². The minimum absolute atomic E-state index is 0.0945. The van der Waals surface area contributed by atoms with Crippen LogP contribution in [0.25, 0.3) is 6.08 Å². The molecule has 1 N–H and O–H groups in total. The van der Waals surface area contributed by atoms with Gasteiger partial charge in [-0.1, -0.05) is 30.3 Å². The predicted molar refractivity (Wildman–Crippen MR) is 126 cm³/mol. The van der Waals surface area contributed by atoms with Crippen molar-refractivity contribution < 1.29 is 23.5 Å². The first-order chi connectivity index (χ1) is 15.9. The molecule has 4 rings (SSSR count). The van der Waals surface area contributed by atoms with Crippen LogP contribution in [-0.4, -0.2) is 25.5 Å². The van der Waals surface area contributed by atoms with Crippen molar-refractivity contribution in [1.29, 1.82) is 0 Å². The summed E-state index contributed by atoms with van der Waals surface area (Å²) in [7, 11) is 1.57. The Kier molecular flexibility index (Phi) is 6.74. The van der Waals surface area contributed by atoms with E-state index in [0.29, 0.717) is 17.2 Å². The predicted octanol–water partition coefficient (Wildman–Crippen LogP) is 4.68. The number of anilines is 1.